The highest BCUT2D eigenvalue weighted by atomic mass is 79.9. The minimum Gasteiger partial charge on any atom is -0.478 e. The first-order valence-corrected chi connectivity index (χ1v) is 7.27. The molecule has 0 saturated carbocycles. The minimum absolute atomic E-state index is 0.646. The van der Waals surface area contributed by atoms with Gasteiger partial charge in [-0.3, -0.25) is 0 Å². The standard InChI is InChI=1S/C16H12BrClO3/c1-10-8-12(18)4-6-14(10)21-15-5-2-11(9-13(15)17)3-7-16(19)20/h2-9H,1H3,(H,19,20)/b7-3+. The summed E-state index contributed by atoms with van der Waals surface area (Å²) in [6, 6.07) is 10.8. The van der Waals surface area contributed by atoms with Gasteiger partial charge in [-0.2, -0.15) is 0 Å². The number of rotatable bonds is 4. The van der Waals surface area contributed by atoms with E-state index in [0.717, 1.165) is 21.7 Å². The van der Waals surface area contributed by atoms with Crippen molar-refractivity contribution in [2.45, 2.75) is 6.92 Å². The first kappa shape index (κ1) is 15.6. The summed E-state index contributed by atoms with van der Waals surface area (Å²) >= 11 is 9.33. The molecule has 0 unspecified atom stereocenters. The van der Waals surface area contributed by atoms with Crippen LogP contribution in [0.1, 0.15) is 11.1 Å². The fourth-order valence-corrected chi connectivity index (χ4v) is 2.42. The monoisotopic (exact) mass is 366 g/mol. The highest BCUT2D eigenvalue weighted by Crippen LogP contribution is 2.33. The highest BCUT2D eigenvalue weighted by Gasteiger charge is 2.06. The number of carbonyl (C=O) groups is 1. The lowest BCUT2D eigenvalue weighted by Gasteiger charge is -2.11. The zero-order valence-corrected chi connectivity index (χ0v) is 13.5. The Morgan fingerprint density at radius 2 is 1.95 bits per heavy atom. The minimum atomic E-state index is -0.983. The van der Waals surface area contributed by atoms with Crippen LogP contribution < -0.4 is 4.74 Å². The predicted octanol–water partition coefficient (Wildman–Crippen LogP) is 5.30. The smallest absolute Gasteiger partial charge is 0.328 e. The van der Waals surface area contributed by atoms with Crippen molar-refractivity contribution in [3.8, 4) is 11.5 Å². The van der Waals surface area contributed by atoms with Gasteiger partial charge in [-0.15, -0.1) is 0 Å². The number of ether oxygens (including phenoxy) is 1. The second-order valence-electron chi connectivity index (χ2n) is 4.37. The average molecular weight is 368 g/mol. The molecule has 5 heteroatoms. The molecule has 0 heterocycles. The van der Waals surface area contributed by atoms with Gasteiger partial charge in [-0.25, -0.2) is 4.79 Å². The summed E-state index contributed by atoms with van der Waals surface area (Å²) < 4.78 is 6.57. The molecular weight excluding hydrogens is 356 g/mol. The summed E-state index contributed by atoms with van der Waals surface area (Å²) in [5, 5.41) is 9.27. The first-order valence-electron chi connectivity index (χ1n) is 6.10. The molecule has 0 bridgehead atoms. The van der Waals surface area contributed by atoms with Crippen LogP contribution in [-0.2, 0) is 4.79 Å². The van der Waals surface area contributed by atoms with Crippen LogP contribution in [0.25, 0.3) is 6.08 Å². The Balaban J connectivity index is 2.23. The van der Waals surface area contributed by atoms with E-state index in [4.69, 9.17) is 21.4 Å². The third-order valence-electron chi connectivity index (χ3n) is 2.73. The molecule has 0 aliphatic rings. The molecular formula is C16H12BrClO3. The first-order chi connectivity index (χ1) is 9.95. The Labute approximate surface area is 135 Å². The summed E-state index contributed by atoms with van der Waals surface area (Å²) in [6.07, 6.45) is 2.61. The topological polar surface area (TPSA) is 46.5 Å². The molecule has 0 aliphatic heterocycles. The largest absolute Gasteiger partial charge is 0.478 e. The third-order valence-corrected chi connectivity index (χ3v) is 3.59. The Morgan fingerprint density at radius 1 is 1.24 bits per heavy atom. The van der Waals surface area contributed by atoms with Gasteiger partial charge in [0.15, 0.2) is 0 Å². The predicted molar refractivity (Wildman–Crippen MR) is 87.1 cm³/mol. The Morgan fingerprint density at radius 3 is 2.57 bits per heavy atom. The Bertz CT molecular complexity index is 711. The normalized spacial score (nSPS) is 10.8. The van der Waals surface area contributed by atoms with E-state index >= 15 is 0 Å². The molecule has 0 radical (unpaired) electrons. The number of carboxylic acids is 1. The lowest BCUT2D eigenvalue weighted by atomic mass is 10.2. The fourth-order valence-electron chi connectivity index (χ4n) is 1.72. The number of carboxylic acid groups (broad SMARTS) is 1. The van der Waals surface area contributed by atoms with Crippen LogP contribution in [0.5, 0.6) is 11.5 Å². The quantitative estimate of drug-likeness (QED) is 0.746. The summed E-state index contributed by atoms with van der Waals surface area (Å²) in [5.41, 5.74) is 1.70. The molecule has 0 saturated heterocycles. The molecule has 2 rings (SSSR count). The lowest BCUT2D eigenvalue weighted by molar-refractivity contribution is -0.131. The Hall–Kier alpha value is -1.78. The van der Waals surface area contributed by atoms with E-state index in [-0.39, 0.29) is 0 Å². The molecule has 0 aromatic heterocycles. The number of hydrogen-bond donors (Lipinski definition) is 1. The van der Waals surface area contributed by atoms with Crippen molar-refractivity contribution < 1.29 is 14.6 Å². The van der Waals surface area contributed by atoms with Crippen molar-refractivity contribution in [2.75, 3.05) is 0 Å². The van der Waals surface area contributed by atoms with Crippen molar-refractivity contribution in [1.29, 1.82) is 0 Å². The van der Waals surface area contributed by atoms with Gasteiger partial charge >= 0.3 is 5.97 Å². The third kappa shape index (κ3) is 4.34. The van der Waals surface area contributed by atoms with E-state index in [1.165, 1.54) is 6.08 Å². The highest BCUT2D eigenvalue weighted by molar-refractivity contribution is 9.10. The lowest BCUT2D eigenvalue weighted by Crippen LogP contribution is -1.89. The maximum atomic E-state index is 10.5. The van der Waals surface area contributed by atoms with Crippen LogP contribution in [0.4, 0.5) is 0 Å². The van der Waals surface area contributed by atoms with E-state index in [1.54, 1.807) is 24.3 Å². The molecule has 0 amide bonds. The van der Waals surface area contributed by atoms with Gasteiger partial charge in [-0.1, -0.05) is 17.7 Å². The van der Waals surface area contributed by atoms with Crippen molar-refractivity contribution in [1.82, 2.24) is 0 Å². The average Bonchev–Trinajstić information content (AvgIpc) is 2.42. The molecule has 21 heavy (non-hydrogen) atoms. The molecule has 0 aliphatic carbocycles. The molecule has 0 fully saturated rings. The van der Waals surface area contributed by atoms with Gasteiger partial charge in [0.05, 0.1) is 4.47 Å². The molecule has 2 aromatic rings. The maximum absolute atomic E-state index is 10.5. The molecule has 1 N–H and O–H groups in total. The van der Waals surface area contributed by atoms with Gasteiger partial charge in [0, 0.05) is 11.1 Å². The molecule has 0 spiro atoms. The van der Waals surface area contributed by atoms with Gasteiger partial charge in [-0.05, 0) is 70.4 Å². The van der Waals surface area contributed by atoms with E-state index < -0.39 is 5.97 Å². The maximum Gasteiger partial charge on any atom is 0.328 e. The van der Waals surface area contributed by atoms with Gasteiger partial charge < -0.3 is 9.84 Å². The molecule has 0 atom stereocenters. The zero-order valence-electron chi connectivity index (χ0n) is 11.1. The van der Waals surface area contributed by atoms with E-state index in [2.05, 4.69) is 15.9 Å². The van der Waals surface area contributed by atoms with Crippen LogP contribution in [0.2, 0.25) is 5.02 Å². The van der Waals surface area contributed by atoms with Crippen molar-refractivity contribution in [3.63, 3.8) is 0 Å². The fraction of sp³-hybridized carbons (Fsp3) is 0.0625. The van der Waals surface area contributed by atoms with E-state index in [9.17, 15) is 4.79 Å². The number of hydrogen-bond acceptors (Lipinski definition) is 2. The van der Waals surface area contributed by atoms with Crippen LogP contribution in [-0.4, -0.2) is 11.1 Å². The SMILES string of the molecule is Cc1cc(Cl)ccc1Oc1ccc(/C=C/C(=O)O)cc1Br. The van der Waals surface area contributed by atoms with E-state index in [1.807, 2.05) is 19.1 Å². The van der Waals surface area contributed by atoms with Crippen LogP contribution in [0.3, 0.4) is 0 Å². The summed E-state index contributed by atoms with van der Waals surface area (Å²) in [4.78, 5) is 10.5. The van der Waals surface area contributed by atoms with Crippen LogP contribution in [0, 0.1) is 6.92 Å². The number of aryl methyl sites for hydroxylation is 1. The van der Waals surface area contributed by atoms with Crippen molar-refractivity contribution in [2.24, 2.45) is 0 Å². The number of halogens is 2. The summed E-state index contributed by atoms with van der Waals surface area (Å²) in [5.74, 6) is 0.380. The Kier molecular flexibility index (Phi) is 5.04. The second-order valence-corrected chi connectivity index (χ2v) is 5.66. The number of aliphatic carboxylic acids is 1. The summed E-state index contributed by atoms with van der Waals surface area (Å²) in [7, 11) is 0. The van der Waals surface area contributed by atoms with Crippen molar-refractivity contribution in [3.05, 3.63) is 63.1 Å². The van der Waals surface area contributed by atoms with Gasteiger partial charge in [0.1, 0.15) is 11.5 Å². The van der Waals surface area contributed by atoms with Crippen LogP contribution in [0.15, 0.2) is 46.9 Å². The molecule has 2 aromatic carbocycles. The zero-order chi connectivity index (χ0) is 15.4. The molecule has 3 nitrogen and oxygen atoms in total. The molecule has 108 valence electrons. The van der Waals surface area contributed by atoms with Gasteiger partial charge in [0.2, 0.25) is 0 Å². The van der Waals surface area contributed by atoms with E-state index in [0.29, 0.717) is 16.5 Å². The van der Waals surface area contributed by atoms with Crippen molar-refractivity contribution >= 4 is 39.6 Å². The van der Waals surface area contributed by atoms with Crippen LogP contribution >= 0.6 is 27.5 Å². The second kappa shape index (κ2) is 6.78. The van der Waals surface area contributed by atoms with Gasteiger partial charge in [0.25, 0.3) is 0 Å². The number of benzene rings is 2. The summed E-state index contributed by atoms with van der Waals surface area (Å²) in [6.45, 7) is 1.92.